The Labute approximate surface area is 182 Å². The van der Waals surface area contributed by atoms with Crippen molar-refractivity contribution < 1.29 is 22.5 Å². The van der Waals surface area contributed by atoms with E-state index in [0.29, 0.717) is 24.8 Å². The number of rotatable bonds is 6. The molecule has 4 rings (SSSR count). The molecule has 31 heavy (non-hydrogen) atoms. The Hall–Kier alpha value is -2.96. The van der Waals surface area contributed by atoms with E-state index in [9.17, 15) is 17.8 Å². The Bertz CT molecular complexity index is 1150. The first-order valence-electron chi connectivity index (χ1n) is 10.2. The van der Waals surface area contributed by atoms with Gasteiger partial charge >= 0.3 is 5.97 Å². The van der Waals surface area contributed by atoms with Crippen LogP contribution >= 0.6 is 0 Å². The Morgan fingerprint density at radius 2 is 1.52 bits per heavy atom. The van der Waals surface area contributed by atoms with Crippen LogP contribution in [0.2, 0.25) is 0 Å². The van der Waals surface area contributed by atoms with Crippen LogP contribution in [0.1, 0.15) is 35.1 Å². The van der Waals surface area contributed by atoms with Gasteiger partial charge in [-0.15, -0.1) is 0 Å². The summed E-state index contributed by atoms with van der Waals surface area (Å²) in [5.41, 5.74) is 2.14. The van der Waals surface area contributed by atoms with E-state index in [0.717, 1.165) is 16.7 Å². The number of cyclic esters (lactones) is 1. The zero-order valence-electron chi connectivity index (χ0n) is 17.2. The number of carbonyl (C=O) groups excluding carboxylic acids is 1. The van der Waals surface area contributed by atoms with E-state index in [-0.39, 0.29) is 17.0 Å². The second-order valence-electron chi connectivity index (χ2n) is 7.90. The third kappa shape index (κ3) is 4.01. The zero-order chi connectivity index (χ0) is 22.1. The van der Waals surface area contributed by atoms with Gasteiger partial charge in [-0.3, -0.25) is 4.79 Å². The first-order valence-corrected chi connectivity index (χ1v) is 11.6. The molecule has 5 nitrogen and oxygen atoms in total. The monoisotopic (exact) mass is 435 g/mol. The first kappa shape index (κ1) is 21.3. The highest BCUT2D eigenvalue weighted by Gasteiger charge is 2.51. The molecular formula is C25H23O5S-. The predicted molar refractivity (Wildman–Crippen MR) is 116 cm³/mol. The topological polar surface area (TPSA) is 83.5 Å². The van der Waals surface area contributed by atoms with E-state index < -0.39 is 15.5 Å². The highest BCUT2D eigenvalue weighted by molar-refractivity contribution is 7.85. The Kier molecular flexibility index (Phi) is 5.69. The molecule has 0 saturated carbocycles. The number of hydrogen-bond acceptors (Lipinski definition) is 5. The van der Waals surface area contributed by atoms with Gasteiger partial charge in [-0.05, 0) is 48.1 Å². The van der Waals surface area contributed by atoms with Gasteiger partial charge in [0.15, 0.2) is 0 Å². The fourth-order valence-electron chi connectivity index (χ4n) is 4.48. The molecule has 6 heteroatoms. The lowest BCUT2D eigenvalue weighted by Gasteiger charge is -2.26. The van der Waals surface area contributed by atoms with Crippen LogP contribution < -0.4 is 0 Å². The number of hydrogen-bond donors (Lipinski definition) is 0. The predicted octanol–water partition coefficient (Wildman–Crippen LogP) is 4.13. The van der Waals surface area contributed by atoms with Crippen LogP contribution in [0, 0.1) is 6.92 Å². The maximum absolute atomic E-state index is 13.2. The Balaban J connectivity index is 1.62. The summed E-state index contributed by atoms with van der Waals surface area (Å²) in [4.78, 5) is 13.0. The molecule has 0 amide bonds. The van der Waals surface area contributed by atoms with Gasteiger partial charge in [0, 0.05) is 6.42 Å². The standard InChI is InChI=1S/C25H24O5S/c1-18-19(9-8-14-23(18)31(27,28)29)15-16-22-17-25(24(26)30-22,20-10-4-2-5-11-20)21-12-6-3-7-13-21/h2-14,22H,15-17H2,1H3,(H,27,28,29)/p-1. The van der Waals surface area contributed by atoms with Crippen molar-refractivity contribution in [2.24, 2.45) is 0 Å². The molecule has 0 radical (unpaired) electrons. The number of ether oxygens (including phenoxy) is 1. The summed E-state index contributed by atoms with van der Waals surface area (Å²) in [6.45, 7) is 1.64. The van der Waals surface area contributed by atoms with Gasteiger partial charge in [0.25, 0.3) is 0 Å². The molecule has 1 unspecified atom stereocenters. The lowest BCUT2D eigenvalue weighted by atomic mass is 9.72. The minimum atomic E-state index is -4.53. The molecule has 0 aromatic heterocycles. The average molecular weight is 436 g/mol. The third-order valence-corrected chi connectivity index (χ3v) is 7.07. The van der Waals surface area contributed by atoms with E-state index in [2.05, 4.69) is 0 Å². The molecule has 1 atom stereocenters. The molecule has 0 spiro atoms. The fraction of sp³-hybridized carbons (Fsp3) is 0.240. The number of benzene rings is 3. The molecule has 3 aromatic carbocycles. The summed E-state index contributed by atoms with van der Waals surface area (Å²) >= 11 is 0. The highest BCUT2D eigenvalue weighted by atomic mass is 32.2. The largest absolute Gasteiger partial charge is 0.744 e. The first-order chi connectivity index (χ1) is 14.8. The molecule has 160 valence electrons. The van der Waals surface area contributed by atoms with Crippen molar-refractivity contribution in [2.75, 3.05) is 0 Å². The van der Waals surface area contributed by atoms with Crippen molar-refractivity contribution in [2.45, 2.75) is 42.6 Å². The van der Waals surface area contributed by atoms with Gasteiger partial charge in [-0.25, -0.2) is 8.42 Å². The fourth-order valence-corrected chi connectivity index (χ4v) is 5.23. The molecule has 0 bridgehead atoms. The van der Waals surface area contributed by atoms with Crippen LogP contribution in [0.4, 0.5) is 0 Å². The Morgan fingerprint density at radius 1 is 0.935 bits per heavy atom. The molecule has 1 aliphatic heterocycles. The van der Waals surface area contributed by atoms with E-state index >= 15 is 0 Å². The van der Waals surface area contributed by atoms with E-state index in [4.69, 9.17) is 4.74 Å². The molecule has 1 aliphatic rings. The van der Waals surface area contributed by atoms with Crippen molar-refractivity contribution in [3.05, 3.63) is 101 Å². The van der Waals surface area contributed by atoms with Crippen LogP contribution in [0.25, 0.3) is 0 Å². The van der Waals surface area contributed by atoms with Gasteiger partial charge in [0.05, 0.1) is 4.90 Å². The van der Waals surface area contributed by atoms with Crippen LogP contribution in [0.15, 0.2) is 83.8 Å². The molecule has 1 heterocycles. The van der Waals surface area contributed by atoms with Crippen LogP contribution in [0.3, 0.4) is 0 Å². The maximum atomic E-state index is 13.2. The van der Waals surface area contributed by atoms with Crippen molar-refractivity contribution in [1.29, 1.82) is 0 Å². The summed E-state index contributed by atoms with van der Waals surface area (Å²) in [5, 5.41) is 0. The van der Waals surface area contributed by atoms with Crippen molar-refractivity contribution in [3.63, 3.8) is 0 Å². The van der Waals surface area contributed by atoms with Crippen molar-refractivity contribution >= 4 is 16.1 Å². The molecule has 0 N–H and O–H groups in total. The number of carbonyl (C=O) groups is 1. The number of esters is 1. The molecule has 0 aliphatic carbocycles. The smallest absolute Gasteiger partial charge is 0.321 e. The second-order valence-corrected chi connectivity index (χ2v) is 9.25. The van der Waals surface area contributed by atoms with E-state index in [1.165, 1.54) is 6.07 Å². The van der Waals surface area contributed by atoms with Crippen molar-refractivity contribution in [1.82, 2.24) is 0 Å². The summed E-state index contributed by atoms with van der Waals surface area (Å²) in [5.74, 6) is -0.275. The lowest BCUT2D eigenvalue weighted by molar-refractivity contribution is -0.144. The van der Waals surface area contributed by atoms with Gasteiger partial charge in [-0.1, -0.05) is 72.8 Å². The third-order valence-electron chi connectivity index (χ3n) is 6.09. The summed E-state index contributed by atoms with van der Waals surface area (Å²) < 4.78 is 40.3. The normalized spacial score (nSPS) is 18.0. The average Bonchev–Trinajstić information content (AvgIpc) is 3.10. The van der Waals surface area contributed by atoms with Gasteiger partial charge in [-0.2, -0.15) is 0 Å². The van der Waals surface area contributed by atoms with Gasteiger partial charge < -0.3 is 9.29 Å². The van der Waals surface area contributed by atoms with Gasteiger partial charge in [0.2, 0.25) is 0 Å². The van der Waals surface area contributed by atoms with Crippen molar-refractivity contribution in [3.8, 4) is 0 Å². The molecule has 3 aromatic rings. The summed E-state index contributed by atoms with van der Waals surface area (Å²) in [6.07, 6.45) is 1.22. The SMILES string of the molecule is Cc1c(CCC2CC(c3ccccc3)(c3ccccc3)C(=O)O2)cccc1S(=O)(=O)[O-]. The van der Waals surface area contributed by atoms with Gasteiger partial charge in [0.1, 0.15) is 21.6 Å². The molecule has 1 fully saturated rings. The highest BCUT2D eigenvalue weighted by Crippen LogP contribution is 2.44. The van der Waals surface area contributed by atoms with Crippen LogP contribution in [-0.4, -0.2) is 25.0 Å². The summed E-state index contributed by atoms with van der Waals surface area (Å²) in [6, 6.07) is 24.0. The summed E-state index contributed by atoms with van der Waals surface area (Å²) in [7, 11) is -4.53. The minimum absolute atomic E-state index is 0.198. The Morgan fingerprint density at radius 3 is 2.06 bits per heavy atom. The zero-order valence-corrected chi connectivity index (χ0v) is 18.0. The van der Waals surface area contributed by atoms with Crippen LogP contribution in [-0.2, 0) is 31.5 Å². The van der Waals surface area contributed by atoms with E-state index in [1.807, 2.05) is 66.7 Å². The lowest BCUT2D eigenvalue weighted by Crippen LogP contribution is -2.33. The molecular weight excluding hydrogens is 412 g/mol. The number of aryl methyl sites for hydroxylation is 1. The molecule has 1 saturated heterocycles. The second kappa shape index (κ2) is 8.29. The van der Waals surface area contributed by atoms with E-state index in [1.54, 1.807) is 13.0 Å². The minimum Gasteiger partial charge on any atom is -0.744 e. The maximum Gasteiger partial charge on any atom is 0.321 e. The quantitative estimate of drug-likeness (QED) is 0.429. The van der Waals surface area contributed by atoms with Crippen LogP contribution in [0.5, 0.6) is 0 Å².